The third-order valence-corrected chi connectivity index (χ3v) is 2.92. The molecular weight excluding hydrogens is 248 g/mol. The Hall–Kier alpha value is -1.56. The van der Waals surface area contributed by atoms with Gasteiger partial charge in [-0.05, 0) is 19.8 Å². The SMILES string of the molecule is C=CCC(NC(=O)N(CCOC)C(C)CC)C(=O)O. The van der Waals surface area contributed by atoms with Gasteiger partial charge in [-0.25, -0.2) is 9.59 Å². The van der Waals surface area contributed by atoms with Gasteiger partial charge in [0.1, 0.15) is 6.04 Å². The highest BCUT2D eigenvalue weighted by molar-refractivity contribution is 5.82. The van der Waals surface area contributed by atoms with Gasteiger partial charge in [0.05, 0.1) is 6.61 Å². The molecule has 0 aliphatic heterocycles. The summed E-state index contributed by atoms with van der Waals surface area (Å²) >= 11 is 0. The van der Waals surface area contributed by atoms with Crippen molar-refractivity contribution in [3.8, 4) is 0 Å². The number of carboxylic acids is 1. The number of methoxy groups -OCH3 is 1. The smallest absolute Gasteiger partial charge is 0.326 e. The largest absolute Gasteiger partial charge is 0.480 e. The molecule has 2 N–H and O–H groups in total. The lowest BCUT2D eigenvalue weighted by molar-refractivity contribution is -0.139. The van der Waals surface area contributed by atoms with Gasteiger partial charge in [-0.1, -0.05) is 13.0 Å². The van der Waals surface area contributed by atoms with E-state index in [2.05, 4.69) is 11.9 Å². The molecule has 0 heterocycles. The van der Waals surface area contributed by atoms with Gasteiger partial charge in [-0.3, -0.25) is 0 Å². The van der Waals surface area contributed by atoms with Crippen LogP contribution in [0, 0.1) is 0 Å². The number of ether oxygens (including phenoxy) is 1. The van der Waals surface area contributed by atoms with Crippen LogP contribution in [-0.2, 0) is 9.53 Å². The number of carbonyl (C=O) groups excluding carboxylic acids is 1. The lowest BCUT2D eigenvalue weighted by atomic mass is 10.2. The molecule has 0 rings (SSSR count). The van der Waals surface area contributed by atoms with E-state index in [1.807, 2.05) is 13.8 Å². The molecule has 0 spiro atoms. The Morgan fingerprint density at radius 3 is 2.58 bits per heavy atom. The number of urea groups is 1. The second kappa shape index (κ2) is 9.38. The van der Waals surface area contributed by atoms with Gasteiger partial charge in [0, 0.05) is 19.7 Å². The molecule has 6 nitrogen and oxygen atoms in total. The average molecular weight is 272 g/mol. The Morgan fingerprint density at radius 1 is 1.53 bits per heavy atom. The summed E-state index contributed by atoms with van der Waals surface area (Å²) in [4.78, 5) is 24.7. The standard InChI is InChI=1S/C13H24N2O4/c1-5-7-11(12(16)17)14-13(18)15(8-9-19-4)10(3)6-2/h5,10-11H,1,6-9H2,2-4H3,(H,14,18)(H,16,17). The number of hydrogen-bond acceptors (Lipinski definition) is 3. The van der Waals surface area contributed by atoms with Crippen LogP contribution in [0.2, 0.25) is 0 Å². The average Bonchev–Trinajstić information content (AvgIpc) is 2.38. The van der Waals surface area contributed by atoms with Crippen molar-refractivity contribution in [2.75, 3.05) is 20.3 Å². The van der Waals surface area contributed by atoms with E-state index < -0.39 is 12.0 Å². The summed E-state index contributed by atoms with van der Waals surface area (Å²) in [6, 6.07) is -1.31. The van der Waals surface area contributed by atoms with E-state index in [1.54, 1.807) is 12.0 Å². The zero-order valence-corrected chi connectivity index (χ0v) is 11.9. The fourth-order valence-corrected chi connectivity index (χ4v) is 1.55. The van der Waals surface area contributed by atoms with E-state index in [-0.39, 0.29) is 18.5 Å². The predicted octanol–water partition coefficient (Wildman–Crippen LogP) is 1.47. The van der Waals surface area contributed by atoms with E-state index in [9.17, 15) is 9.59 Å². The van der Waals surface area contributed by atoms with Crippen LogP contribution in [0.3, 0.4) is 0 Å². The van der Waals surface area contributed by atoms with Crippen LogP contribution in [-0.4, -0.2) is 54.4 Å². The molecule has 2 amide bonds. The summed E-state index contributed by atoms with van der Waals surface area (Å²) in [6.07, 6.45) is 2.46. The van der Waals surface area contributed by atoms with Gasteiger partial charge in [-0.15, -0.1) is 6.58 Å². The van der Waals surface area contributed by atoms with Crippen LogP contribution in [0.15, 0.2) is 12.7 Å². The maximum absolute atomic E-state index is 12.1. The summed E-state index contributed by atoms with van der Waals surface area (Å²) < 4.78 is 4.96. The number of nitrogens with one attached hydrogen (secondary N) is 1. The van der Waals surface area contributed by atoms with Crippen LogP contribution >= 0.6 is 0 Å². The highest BCUT2D eigenvalue weighted by Crippen LogP contribution is 2.05. The molecule has 0 fully saturated rings. The second-order valence-electron chi connectivity index (χ2n) is 4.31. The molecule has 110 valence electrons. The lowest BCUT2D eigenvalue weighted by Gasteiger charge is -2.29. The van der Waals surface area contributed by atoms with Crippen molar-refractivity contribution in [1.82, 2.24) is 10.2 Å². The first-order valence-corrected chi connectivity index (χ1v) is 6.37. The zero-order valence-electron chi connectivity index (χ0n) is 11.9. The topological polar surface area (TPSA) is 78.9 Å². The lowest BCUT2D eigenvalue weighted by Crippen LogP contribution is -2.51. The number of carboxylic acid groups (broad SMARTS) is 1. The molecular formula is C13H24N2O4. The second-order valence-corrected chi connectivity index (χ2v) is 4.31. The first kappa shape index (κ1) is 17.4. The molecule has 0 saturated heterocycles. The van der Waals surface area contributed by atoms with E-state index >= 15 is 0 Å². The summed E-state index contributed by atoms with van der Waals surface area (Å²) in [5.74, 6) is -1.07. The number of carbonyl (C=O) groups is 2. The van der Waals surface area contributed by atoms with Gasteiger partial charge in [0.15, 0.2) is 0 Å². The van der Waals surface area contributed by atoms with Crippen molar-refractivity contribution in [2.45, 2.75) is 38.8 Å². The highest BCUT2D eigenvalue weighted by atomic mass is 16.5. The van der Waals surface area contributed by atoms with E-state index in [1.165, 1.54) is 6.08 Å². The normalized spacial score (nSPS) is 13.4. The monoisotopic (exact) mass is 272 g/mol. The number of amides is 2. The minimum absolute atomic E-state index is 0.0216. The molecule has 19 heavy (non-hydrogen) atoms. The summed E-state index contributed by atoms with van der Waals surface area (Å²) in [5, 5.41) is 11.5. The molecule has 2 unspecified atom stereocenters. The number of hydrogen-bond donors (Lipinski definition) is 2. The van der Waals surface area contributed by atoms with Gasteiger partial charge in [-0.2, -0.15) is 0 Å². The minimum Gasteiger partial charge on any atom is -0.480 e. The number of nitrogens with zero attached hydrogens (tertiary/aromatic N) is 1. The summed E-state index contributed by atoms with van der Waals surface area (Å²) in [7, 11) is 1.56. The molecule has 6 heteroatoms. The zero-order chi connectivity index (χ0) is 14.8. The molecule has 2 atom stereocenters. The molecule has 0 saturated carbocycles. The van der Waals surface area contributed by atoms with Gasteiger partial charge < -0.3 is 20.1 Å². The molecule has 0 aliphatic carbocycles. The Bertz CT molecular complexity index is 307. The van der Waals surface area contributed by atoms with Gasteiger partial charge in [0.25, 0.3) is 0 Å². The summed E-state index contributed by atoms with van der Waals surface area (Å²) in [6.45, 7) is 8.21. The van der Waals surface area contributed by atoms with E-state index in [4.69, 9.17) is 9.84 Å². The van der Waals surface area contributed by atoms with Crippen LogP contribution in [0.1, 0.15) is 26.7 Å². The Balaban J connectivity index is 4.68. The first-order chi connectivity index (χ1) is 8.97. The molecule has 0 aliphatic rings. The minimum atomic E-state index is -1.07. The van der Waals surface area contributed by atoms with Crippen LogP contribution < -0.4 is 5.32 Å². The molecule has 0 bridgehead atoms. The van der Waals surface area contributed by atoms with Crippen LogP contribution in [0.4, 0.5) is 4.79 Å². The molecule has 0 aromatic carbocycles. The number of rotatable bonds is 9. The van der Waals surface area contributed by atoms with Crippen molar-refractivity contribution in [3.63, 3.8) is 0 Å². The fraction of sp³-hybridized carbons (Fsp3) is 0.692. The highest BCUT2D eigenvalue weighted by Gasteiger charge is 2.24. The van der Waals surface area contributed by atoms with Crippen molar-refractivity contribution in [3.05, 3.63) is 12.7 Å². The number of aliphatic carboxylic acids is 1. The van der Waals surface area contributed by atoms with Gasteiger partial charge >= 0.3 is 12.0 Å². The molecule has 0 aromatic heterocycles. The quantitative estimate of drug-likeness (QED) is 0.623. The van der Waals surface area contributed by atoms with Crippen molar-refractivity contribution in [1.29, 1.82) is 0 Å². The van der Waals surface area contributed by atoms with Crippen molar-refractivity contribution >= 4 is 12.0 Å². The molecule has 0 aromatic rings. The third kappa shape index (κ3) is 6.24. The Labute approximate surface area is 114 Å². The maximum atomic E-state index is 12.1. The fourth-order valence-electron chi connectivity index (χ4n) is 1.55. The van der Waals surface area contributed by atoms with E-state index in [0.717, 1.165) is 6.42 Å². The van der Waals surface area contributed by atoms with Gasteiger partial charge in [0.2, 0.25) is 0 Å². The summed E-state index contributed by atoms with van der Waals surface area (Å²) in [5.41, 5.74) is 0. The maximum Gasteiger partial charge on any atom is 0.326 e. The van der Waals surface area contributed by atoms with Crippen LogP contribution in [0.5, 0.6) is 0 Å². The Kier molecular flexibility index (Phi) is 8.61. The predicted molar refractivity (Wildman–Crippen MR) is 73.1 cm³/mol. The van der Waals surface area contributed by atoms with Crippen LogP contribution in [0.25, 0.3) is 0 Å². The first-order valence-electron chi connectivity index (χ1n) is 6.37. The van der Waals surface area contributed by atoms with E-state index in [0.29, 0.717) is 13.2 Å². The van der Waals surface area contributed by atoms with Crippen molar-refractivity contribution < 1.29 is 19.4 Å². The third-order valence-electron chi connectivity index (χ3n) is 2.92. The Morgan fingerprint density at radius 2 is 2.16 bits per heavy atom. The van der Waals surface area contributed by atoms with Crippen molar-refractivity contribution in [2.24, 2.45) is 0 Å². The molecule has 0 radical (unpaired) electrons.